The first kappa shape index (κ1) is 11.5. The predicted molar refractivity (Wildman–Crippen MR) is 70.5 cm³/mol. The molecule has 0 radical (unpaired) electrons. The number of aryl methyl sites for hydroxylation is 1. The molecular formula is C11H15N3S2. The normalized spacial score (nSPS) is 12.7. The number of rotatable bonds is 4. The Bertz CT molecular complexity index is 436. The van der Waals surface area contributed by atoms with Gasteiger partial charge in [-0.15, -0.1) is 21.5 Å². The van der Waals surface area contributed by atoms with Crippen molar-refractivity contribution in [2.24, 2.45) is 0 Å². The van der Waals surface area contributed by atoms with Gasteiger partial charge in [-0.05, 0) is 25.3 Å². The van der Waals surface area contributed by atoms with Gasteiger partial charge in [-0.1, -0.05) is 17.4 Å². The summed E-state index contributed by atoms with van der Waals surface area (Å²) in [6, 6.07) is 4.73. The van der Waals surface area contributed by atoms with Gasteiger partial charge in [-0.25, -0.2) is 0 Å². The van der Waals surface area contributed by atoms with Crippen LogP contribution in [0.1, 0.15) is 16.8 Å². The van der Waals surface area contributed by atoms with E-state index in [1.165, 1.54) is 4.88 Å². The van der Waals surface area contributed by atoms with E-state index in [2.05, 4.69) is 46.6 Å². The molecule has 0 unspecified atom stereocenters. The average molecular weight is 253 g/mol. The molecule has 2 heterocycles. The number of thiophene rings is 1. The fourth-order valence-electron chi connectivity index (χ4n) is 1.47. The van der Waals surface area contributed by atoms with Crippen LogP contribution in [0.3, 0.4) is 0 Å². The standard InChI is InChI=1S/C11H15N3S2/c1-8(7-10-5-4-6-15-10)14(3)11-13-12-9(2)16-11/h4-6,8H,7H2,1-3H3/t8-/m1/s1. The van der Waals surface area contributed by atoms with Crippen LogP contribution in [0.5, 0.6) is 0 Å². The first-order chi connectivity index (χ1) is 7.66. The third kappa shape index (κ3) is 2.59. The van der Waals surface area contributed by atoms with Gasteiger partial charge in [0.1, 0.15) is 5.01 Å². The molecule has 0 aliphatic rings. The van der Waals surface area contributed by atoms with Crippen LogP contribution in [-0.4, -0.2) is 23.3 Å². The SMILES string of the molecule is Cc1nnc(N(C)[C@H](C)Cc2cccs2)s1. The van der Waals surface area contributed by atoms with E-state index >= 15 is 0 Å². The minimum absolute atomic E-state index is 0.450. The lowest BCUT2D eigenvalue weighted by Crippen LogP contribution is -2.30. The number of aromatic nitrogens is 2. The fourth-order valence-corrected chi connectivity index (χ4v) is 3.05. The molecule has 86 valence electrons. The van der Waals surface area contributed by atoms with Crippen molar-refractivity contribution in [3.8, 4) is 0 Å². The van der Waals surface area contributed by atoms with Crippen LogP contribution < -0.4 is 4.90 Å². The van der Waals surface area contributed by atoms with Gasteiger partial charge in [0.2, 0.25) is 5.13 Å². The second-order valence-electron chi connectivity index (χ2n) is 3.85. The molecule has 0 fully saturated rings. The fraction of sp³-hybridized carbons (Fsp3) is 0.455. The lowest BCUT2D eigenvalue weighted by atomic mass is 10.2. The smallest absolute Gasteiger partial charge is 0.208 e. The van der Waals surface area contributed by atoms with E-state index in [4.69, 9.17) is 0 Å². The van der Waals surface area contributed by atoms with Crippen molar-refractivity contribution < 1.29 is 0 Å². The Balaban J connectivity index is 2.02. The zero-order valence-electron chi connectivity index (χ0n) is 9.67. The molecule has 0 bridgehead atoms. The van der Waals surface area contributed by atoms with E-state index in [0.29, 0.717) is 6.04 Å². The largest absolute Gasteiger partial charge is 0.347 e. The summed E-state index contributed by atoms with van der Waals surface area (Å²) in [6.45, 7) is 4.20. The van der Waals surface area contributed by atoms with E-state index in [0.717, 1.165) is 16.6 Å². The second-order valence-corrected chi connectivity index (χ2v) is 6.04. The third-order valence-corrected chi connectivity index (χ3v) is 4.38. The summed E-state index contributed by atoms with van der Waals surface area (Å²) in [5, 5.41) is 12.4. The number of likely N-dealkylation sites (N-methyl/N-ethyl adjacent to an activating group) is 1. The first-order valence-corrected chi connectivity index (χ1v) is 6.91. The summed E-state index contributed by atoms with van der Waals surface area (Å²) in [6.07, 6.45) is 1.06. The van der Waals surface area contributed by atoms with Crippen LogP contribution in [0.25, 0.3) is 0 Å². The molecule has 0 aliphatic carbocycles. The van der Waals surface area contributed by atoms with Crippen LogP contribution in [-0.2, 0) is 6.42 Å². The minimum Gasteiger partial charge on any atom is -0.347 e. The summed E-state index contributed by atoms with van der Waals surface area (Å²) in [5.41, 5.74) is 0. The maximum absolute atomic E-state index is 4.16. The van der Waals surface area contributed by atoms with Crippen molar-refractivity contribution in [3.63, 3.8) is 0 Å². The van der Waals surface area contributed by atoms with Crippen molar-refractivity contribution in [1.82, 2.24) is 10.2 Å². The summed E-state index contributed by atoms with van der Waals surface area (Å²) < 4.78 is 0. The summed E-state index contributed by atoms with van der Waals surface area (Å²) in [7, 11) is 2.08. The third-order valence-electron chi connectivity index (χ3n) is 2.55. The highest BCUT2D eigenvalue weighted by molar-refractivity contribution is 7.15. The van der Waals surface area contributed by atoms with Crippen molar-refractivity contribution in [2.75, 3.05) is 11.9 Å². The Morgan fingerprint density at radius 1 is 1.44 bits per heavy atom. The lowest BCUT2D eigenvalue weighted by molar-refractivity contribution is 0.683. The predicted octanol–water partition coefficient (Wildman–Crippen LogP) is 2.98. The van der Waals surface area contributed by atoms with Gasteiger partial charge in [0.15, 0.2) is 0 Å². The zero-order chi connectivity index (χ0) is 11.5. The molecule has 0 aromatic carbocycles. The van der Waals surface area contributed by atoms with E-state index in [1.54, 1.807) is 11.3 Å². The van der Waals surface area contributed by atoms with E-state index in [1.807, 2.05) is 18.3 Å². The summed E-state index contributed by atoms with van der Waals surface area (Å²) >= 11 is 3.45. The molecule has 1 atom stereocenters. The summed E-state index contributed by atoms with van der Waals surface area (Å²) in [4.78, 5) is 3.62. The first-order valence-electron chi connectivity index (χ1n) is 5.22. The number of hydrogen-bond donors (Lipinski definition) is 0. The Kier molecular flexibility index (Phi) is 3.56. The summed E-state index contributed by atoms with van der Waals surface area (Å²) in [5.74, 6) is 0. The van der Waals surface area contributed by atoms with Gasteiger partial charge in [0.05, 0.1) is 0 Å². The molecule has 2 aromatic rings. The highest BCUT2D eigenvalue weighted by Crippen LogP contribution is 2.22. The lowest BCUT2D eigenvalue weighted by Gasteiger charge is -2.23. The van der Waals surface area contributed by atoms with Crippen molar-refractivity contribution in [2.45, 2.75) is 26.3 Å². The molecule has 5 heteroatoms. The van der Waals surface area contributed by atoms with Crippen LogP contribution in [0.2, 0.25) is 0 Å². The van der Waals surface area contributed by atoms with E-state index in [-0.39, 0.29) is 0 Å². The van der Waals surface area contributed by atoms with Crippen molar-refractivity contribution in [1.29, 1.82) is 0 Å². The average Bonchev–Trinajstić information content (AvgIpc) is 2.88. The van der Waals surface area contributed by atoms with E-state index in [9.17, 15) is 0 Å². The molecule has 0 amide bonds. The van der Waals surface area contributed by atoms with Gasteiger partial charge >= 0.3 is 0 Å². The molecule has 0 saturated carbocycles. The molecule has 16 heavy (non-hydrogen) atoms. The molecule has 0 aliphatic heterocycles. The van der Waals surface area contributed by atoms with Gasteiger partial charge in [-0.2, -0.15) is 0 Å². The highest BCUT2D eigenvalue weighted by Gasteiger charge is 2.14. The number of hydrogen-bond acceptors (Lipinski definition) is 5. The molecule has 0 spiro atoms. The maximum Gasteiger partial charge on any atom is 0.208 e. The molecule has 2 aromatic heterocycles. The van der Waals surface area contributed by atoms with Crippen LogP contribution >= 0.6 is 22.7 Å². The maximum atomic E-state index is 4.16. The topological polar surface area (TPSA) is 29.0 Å². The van der Waals surface area contributed by atoms with Gasteiger partial charge in [0, 0.05) is 24.4 Å². The Labute approximate surface area is 104 Å². The van der Waals surface area contributed by atoms with Gasteiger partial charge in [0.25, 0.3) is 0 Å². The monoisotopic (exact) mass is 253 g/mol. The number of anilines is 1. The van der Waals surface area contributed by atoms with Crippen molar-refractivity contribution in [3.05, 3.63) is 27.4 Å². The van der Waals surface area contributed by atoms with E-state index < -0.39 is 0 Å². The van der Waals surface area contributed by atoms with Crippen LogP contribution in [0.15, 0.2) is 17.5 Å². The molecule has 3 nitrogen and oxygen atoms in total. The Morgan fingerprint density at radius 3 is 2.81 bits per heavy atom. The second kappa shape index (κ2) is 4.93. The van der Waals surface area contributed by atoms with Crippen LogP contribution in [0.4, 0.5) is 5.13 Å². The van der Waals surface area contributed by atoms with Crippen LogP contribution in [0, 0.1) is 6.92 Å². The van der Waals surface area contributed by atoms with Crippen molar-refractivity contribution >= 4 is 27.8 Å². The van der Waals surface area contributed by atoms with Gasteiger partial charge < -0.3 is 4.90 Å². The Hall–Kier alpha value is -0.940. The molecule has 0 N–H and O–H groups in total. The zero-order valence-corrected chi connectivity index (χ0v) is 11.3. The minimum atomic E-state index is 0.450. The molecule has 2 rings (SSSR count). The Morgan fingerprint density at radius 2 is 2.25 bits per heavy atom. The molecule has 0 saturated heterocycles. The van der Waals surface area contributed by atoms with Gasteiger partial charge in [-0.3, -0.25) is 0 Å². The quantitative estimate of drug-likeness (QED) is 0.839. The molecular weight excluding hydrogens is 238 g/mol. The number of nitrogens with zero attached hydrogens (tertiary/aromatic N) is 3. The highest BCUT2D eigenvalue weighted by atomic mass is 32.1.